The Kier molecular flexibility index (Phi) is 12.8. The molecule has 0 radical (unpaired) electrons. The van der Waals surface area contributed by atoms with Gasteiger partial charge >= 0.3 is 0 Å². The van der Waals surface area contributed by atoms with Gasteiger partial charge in [0.1, 0.15) is 0 Å². The summed E-state index contributed by atoms with van der Waals surface area (Å²) in [7, 11) is 5.32. The first-order valence-corrected chi connectivity index (χ1v) is 5.46. The number of nitrogens with zero attached hydrogens (tertiary/aromatic N) is 1. The van der Waals surface area contributed by atoms with Crippen LogP contribution in [0.25, 0.3) is 0 Å². The van der Waals surface area contributed by atoms with Crippen molar-refractivity contribution in [1.82, 2.24) is 10.2 Å². The first-order valence-electron chi connectivity index (χ1n) is 5.46. The van der Waals surface area contributed by atoms with E-state index >= 15 is 0 Å². The molecule has 4 nitrogen and oxygen atoms in total. The largest absolute Gasteiger partial charge is 0.388 e. The molecule has 0 aliphatic carbocycles. The summed E-state index contributed by atoms with van der Waals surface area (Å²) >= 11 is 0. The lowest BCUT2D eigenvalue weighted by atomic mass is 10.3. The third kappa shape index (κ3) is 11.3. The molecule has 0 aromatic heterocycles. The van der Waals surface area contributed by atoms with Crippen molar-refractivity contribution in [3.05, 3.63) is 0 Å². The molecule has 0 aromatic carbocycles. The fourth-order valence-corrected chi connectivity index (χ4v) is 1.34. The van der Waals surface area contributed by atoms with Crippen LogP contribution in [0.1, 0.15) is 27.2 Å². The summed E-state index contributed by atoms with van der Waals surface area (Å²) in [5.74, 6) is 0.0836. The van der Waals surface area contributed by atoms with Crippen LogP contribution in [-0.2, 0) is 9.53 Å². The van der Waals surface area contributed by atoms with E-state index in [0.29, 0.717) is 6.04 Å². The molecule has 1 unspecified atom stereocenters. The first kappa shape index (κ1) is 16.8. The standard InChI is InChI=1S/C7H14N2O.C2H6O.C2H6/c1-6(10)8-7-3-4-9(2)5-7;1-3-2;1-2/h7H,3-5H2,1-2H3,(H,8,10);1-2H3;1-2H3. The number of hydrogen-bond donors (Lipinski definition) is 1. The van der Waals surface area contributed by atoms with E-state index in [4.69, 9.17) is 0 Å². The Bertz CT molecular complexity index is 152. The Morgan fingerprint density at radius 2 is 1.87 bits per heavy atom. The second kappa shape index (κ2) is 11.5. The van der Waals surface area contributed by atoms with Gasteiger partial charge in [0.05, 0.1) is 0 Å². The molecule has 1 rings (SSSR count). The Labute approximate surface area is 94.0 Å². The minimum Gasteiger partial charge on any atom is -0.388 e. The van der Waals surface area contributed by atoms with Gasteiger partial charge in [0, 0.05) is 33.7 Å². The molecule has 0 saturated carbocycles. The van der Waals surface area contributed by atoms with Crippen LogP contribution >= 0.6 is 0 Å². The molecule has 0 bridgehead atoms. The van der Waals surface area contributed by atoms with Gasteiger partial charge in [-0.05, 0) is 20.0 Å². The lowest BCUT2D eigenvalue weighted by Crippen LogP contribution is -2.34. The van der Waals surface area contributed by atoms with E-state index in [1.165, 1.54) is 0 Å². The Hall–Kier alpha value is -0.610. The van der Waals surface area contributed by atoms with Gasteiger partial charge in [0.15, 0.2) is 0 Å². The zero-order valence-corrected chi connectivity index (χ0v) is 11.0. The van der Waals surface area contributed by atoms with Gasteiger partial charge in [-0.15, -0.1) is 0 Å². The van der Waals surface area contributed by atoms with Gasteiger partial charge in [0.25, 0.3) is 0 Å². The zero-order valence-electron chi connectivity index (χ0n) is 11.0. The molecule has 0 aromatic rings. The molecule has 1 heterocycles. The number of rotatable bonds is 1. The van der Waals surface area contributed by atoms with Crippen molar-refractivity contribution in [2.45, 2.75) is 33.2 Å². The van der Waals surface area contributed by atoms with Crippen molar-refractivity contribution >= 4 is 5.91 Å². The average Bonchev–Trinajstić information content (AvgIpc) is 2.55. The van der Waals surface area contributed by atoms with Gasteiger partial charge in [0.2, 0.25) is 5.91 Å². The smallest absolute Gasteiger partial charge is 0.217 e. The molecule has 0 spiro atoms. The van der Waals surface area contributed by atoms with Crippen molar-refractivity contribution in [1.29, 1.82) is 0 Å². The quantitative estimate of drug-likeness (QED) is 0.717. The van der Waals surface area contributed by atoms with E-state index in [-0.39, 0.29) is 5.91 Å². The number of ether oxygens (including phenoxy) is 1. The number of carbonyl (C=O) groups is 1. The summed E-state index contributed by atoms with van der Waals surface area (Å²) in [6, 6.07) is 0.391. The van der Waals surface area contributed by atoms with E-state index in [9.17, 15) is 4.79 Å². The van der Waals surface area contributed by atoms with E-state index in [1.807, 2.05) is 13.8 Å². The van der Waals surface area contributed by atoms with Gasteiger partial charge in [-0.3, -0.25) is 4.79 Å². The highest BCUT2D eigenvalue weighted by atomic mass is 16.4. The maximum atomic E-state index is 10.6. The summed E-state index contributed by atoms with van der Waals surface area (Å²) in [5.41, 5.74) is 0. The monoisotopic (exact) mass is 218 g/mol. The predicted octanol–water partition coefficient (Wildman–Crippen LogP) is 1.12. The number of nitrogens with one attached hydrogen (secondary N) is 1. The van der Waals surface area contributed by atoms with Gasteiger partial charge in [-0.2, -0.15) is 0 Å². The maximum absolute atomic E-state index is 10.6. The highest BCUT2D eigenvalue weighted by Gasteiger charge is 2.19. The van der Waals surface area contributed by atoms with Crippen molar-refractivity contribution in [3.8, 4) is 0 Å². The first-order chi connectivity index (χ1) is 7.10. The van der Waals surface area contributed by atoms with E-state index in [1.54, 1.807) is 21.1 Å². The number of methoxy groups -OCH3 is 1. The topological polar surface area (TPSA) is 41.6 Å². The van der Waals surface area contributed by atoms with E-state index in [0.717, 1.165) is 19.5 Å². The van der Waals surface area contributed by atoms with Crippen LogP contribution in [0, 0.1) is 0 Å². The molecule has 4 heteroatoms. The number of likely N-dealkylation sites (N-methyl/N-ethyl adjacent to an activating group) is 1. The molecule has 1 saturated heterocycles. The lowest BCUT2D eigenvalue weighted by Gasteiger charge is -2.10. The van der Waals surface area contributed by atoms with Gasteiger partial charge in [-0.25, -0.2) is 0 Å². The van der Waals surface area contributed by atoms with Crippen molar-refractivity contribution in [3.63, 3.8) is 0 Å². The zero-order chi connectivity index (χ0) is 12.3. The van der Waals surface area contributed by atoms with Crippen LogP contribution in [0.5, 0.6) is 0 Å². The highest BCUT2D eigenvalue weighted by Crippen LogP contribution is 2.05. The maximum Gasteiger partial charge on any atom is 0.217 e. The molecule has 15 heavy (non-hydrogen) atoms. The van der Waals surface area contributed by atoms with E-state index < -0.39 is 0 Å². The minimum absolute atomic E-state index is 0.0836. The Morgan fingerprint density at radius 1 is 1.40 bits per heavy atom. The highest BCUT2D eigenvalue weighted by molar-refractivity contribution is 5.73. The minimum atomic E-state index is 0.0836. The fourth-order valence-electron chi connectivity index (χ4n) is 1.34. The van der Waals surface area contributed by atoms with Crippen LogP contribution < -0.4 is 5.32 Å². The van der Waals surface area contributed by atoms with Crippen LogP contribution in [0.4, 0.5) is 0 Å². The molecule has 92 valence electrons. The molecule has 1 aliphatic heterocycles. The third-order valence-electron chi connectivity index (χ3n) is 1.80. The van der Waals surface area contributed by atoms with Crippen molar-refractivity contribution in [2.24, 2.45) is 0 Å². The summed E-state index contributed by atoms with van der Waals surface area (Å²) in [4.78, 5) is 12.8. The summed E-state index contributed by atoms with van der Waals surface area (Å²) < 4.78 is 4.25. The van der Waals surface area contributed by atoms with Crippen LogP contribution in [0.15, 0.2) is 0 Å². The SMILES string of the molecule is CC.CC(=O)NC1CCN(C)C1.COC. The summed E-state index contributed by atoms with van der Waals surface area (Å²) in [5, 5.41) is 2.89. The van der Waals surface area contributed by atoms with E-state index in [2.05, 4.69) is 22.0 Å². The second-order valence-corrected chi connectivity index (χ2v) is 3.36. The summed E-state index contributed by atoms with van der Waals surface area (Å²) in [6.45, 7) is 7.67. The molecular formula is C11H26N2O2. The molecule has 1 fully saturated rings. The molecular weight excluding hydrogens is 192 g/mol. The normalized spacial score (nSPS) is 19.5. The Balaban J connectivity index is 0. The van der Waals surface area contributed by atoms with Crippen molar-refractivity contribution < 1.29 is 9.53 Å². The van der Waals surface area contributed by atoms with Crippen LogP contribution in [0.2, 0.25) is 0 Å². The molecule has 1 aliphatic rings. The summed E-state index contributed by atoms with van der Waals surface area (Å²) in [6.07, 6.45) is 1.09. The molecule has 1 N–H and O–H groups in total. The molecule has 1 atom stereocenters. The average molecular weight is 218 g/mol. The van der Waals surface area contributed by atoms with Crippen LogP contribution in [-0.4, -0.2) is 51.2 Å². The van der Waals surface area contributed by atoms with Gasteiger partial charge in [-0.1, -0.05) is 13.8 Å². The number of hydrogen-bond acceptors (Lipinski definition) is 3. The number of carbonyl (C=O) groups excluding carboxylic acids is 1. The molecule has 1 amide bonds. The van der Waals surface area contributed by atoms with Gasteiger partial charge < -0.3 is 15.0 Å². The predicted molar refractivity (Wildman–Crippen MR) is 64.0 cm³/mol. The lowest BCUT2D eigenvalue weighted by molar-refractivity contribution is -0.119. The second-order valence-electron chi connectivity index (χ2n) is 3.36. The number of amides is 1. The van der Waals surface area contributed by atoms with Crippen LogP contribution in [0.3, 0.4) is 0 Å². The fraction of sp³-hybridized carbons (Fsp3) is 0.909. The number of likely N-dealkylation sites (tertiary alicyclic amines) is 1. The Morgan fingerprint density at radius 3 is 2.13 bits per heavy atom. The van der Waals surface area contributed by atoms with Crippen molar-refractivity contribution in [2.75, 3.05) is 34.4 Å². The third-order valence-corrected chi connectivity index (χ3v) is 1.80.